The van der Waals surface area contributed by atoms with Gasteiger partial charge in [-0.1, -0.05) is 71.7 Å². The number of Topliss-reactive ketones (excluding diaryl/α,β-unsaturated/α-hetero) is 1. The minimum Gasteiger partial charge on any atom is -0.343 e. The third-order valence-corrected chi connectivity index (χ3v) is 6.10. The Bertz CT molecular complexity index is 1330. The molecular weight excluding hydrogens is 455 g/mol. The second-order valence-corrected chi connectivity index (χ2v) is 8.67. The molecule has 0 bridgehead atoms. The molecule has 0 spiro atoms. The van der Waals surface area contributed by atoms with E-state index >= 15 is 0 Å². The average Bonchev–Trinajstić information content (AvgIpc) is 3.05. The molecule has 6 heteroatoms. The number of hydrogen-bond acceptors (Lipinski definition) is 2. The van der Waals surface area contributed by atoms with E-state index in [0.29, 0.717) is 27.8 Å². The number of anilines is 1. The zero-order valence-corrected chi connectivity index (χ0v) is 19.7. The number of carbonyl (C=O) groups excluding carboxylic acids is 2. The van der Waals surface area contributed by atoms with Gasteiger partial charge in [0.2, 0.25) is 0 Å². The molecule has 0 unspecified atom stereocenters. The van der Waals surface area contributed by atoms with Crippen molar-refractivity contribution in [3.05, 3.63) is 111 Å². The van der Waals surface area contributed by atoms with Crippen LogP contribution in [-0.4, -0.2) is 16.3 Å². The van der Waals surface area contributed by atoms with Crippen LogP contribution in [0.25, 0.3) is 11.1 Å². The SMILES string of the molecule is Cc1c(C(=O)C(=O)Nc2cccc(Cl)c2)c(-c2ccccc2)c(C)n1Cc1ccc(Cl)cc1. The maximum atomic E-state index is 13.4. The third kappa shape index (κ3) is 4.87. The number of hydrogen-bond donors (Lipinski definition) is 1. The number of rotatable bonds is 6. The fourth-order valence-corrected chi connectivity index (χ4v) is 4.31. The molecule has 0 radical (unpaired) electrons. The molecule has 0 saturated heterocycles. The Hall–Kier alpha value is -3.34. The topological polar surface area (TPSA) is 51.1 Å². The Kier molecular flexibility index (Phi) is 6.68. The van der Waals surface area contributed by atoms with Crippen molar-refractivity contribution in [3.63, 3.8) is 0 Å². The van der Waals surface area contributed by atoms with Crippen molar-refractivity contribution >= 4 is 40.6 Å². The fourth-order valence-electron chi connectivity index (χ4n) is 4.00. The average molecular weight is 477 g/mol. The van der Waals surface area contributed by atoms with Gasteiger partial charge in [0.25, 0.3) is 11.7 Å². The number of amides is 1. The Balaban J connectivity index is 1.77. The van der Waals surface area contributed by atoms with Crippen molar-refractivity contribution in [2.75, 3.05) is 5.32 Å². The summed E-state index contributed by atoms with van der Waals surface area (Å²) in [5, 5.41) is 3.82. The molecule has 0 aliphatic rings. The van der Waals surface area contributed by atoms with Crippen LogP contribution in [0.1, 0.15) is 27.3 Å². The molecule has 4 nitrogen and oxygen atoms in total. The molecule has 1 amide bonds. The quantitative estimate of drug-likeness (QED) is 0.241. The molecule has 0 fully saturated rings. The van der Waals surface area contributed by atoms with E-state index in [-0.39, 0.29) is 0 Å². The van der Waals surface area contributed by atoms with Crippen LogP contribution in [0.4, 0.5) is 5.69 Å². The lowest BCUT2D eigenvalue weighted by Gasteiger charge is -2.10. The summed E-state index contributed by atoms with van der Waals surface area (Å²) in [6.07, 6.45) is 0. The maximum absolute atomic E-state index is 13.4. The predicted octanol–water partition coefficient (Wildman–Crippen LogP) is 6.95. The highest BCUT2D eigenvalue weighted by Gasteiger charge is 2.28. The van der Waals surface area contributed by atoms with Crippen molar-refractivity contribution < 1.29 is 9.59 Å². The van der Waals surface area contributed by atoms with Crippen LogP contribution in [0.5, 0.6) is 0 Å². The van der Waals surface area contributed by atoms with Crippen LogP contribution in [0.3, 0.4) is 0 Å². The van der Waals surface area contributed by atoms with Gasteiger partial charge in [-0.05, 0) is 55.3 Å². The number of nitrogens with zero attached hydrogens (tertiary/aromatic N) is 1. The number of carbonyl (C=O) groups is 2. The Morgan fingerprint density at radius 3 is 2.18 bits per heavy atom. The molecule has 1 heterocycles. The summed E-state index contributed by atoms with van der Waals surface area (Å²) in [7, 11) is 0. The third-order valence-electron chi connectivity index (χ3n) is 5.62. The van der Waals surface area contributed by atoms with Crippen LogP contribution in [-0.2, 0) is 11.3 Å². The summed E-state index contributed by atoms with van der Waals surface area (Å²) in [6.45, 7) is 4.39. The van der Waals surface area contributed by atoms with Crippen molar-refractivity contribution in [1.29, 1.82) is 0 Å². The van der Waals surface area contributed by atoms with Gasteiger partial charge in [0, 0.05) is 39.2 Å². The number of benzene rings is 3. The highest BCUT2D eigenvalue weighted by molar-refractivity contribution is 6.48. The zero-order chi connectivity index (χ0) is 23.5. The molecule has 1 aromatic heterocycles. The second kappa shape index (κ2) is 9.65. The highest BCUT2D eigenvalue weighted by Crippen LogP contribution is 2.33. The summed E-state index contributed by atoms with van der Waals surface area (Å²) in [5.41, 5.74) is 5.19. The first-order chi connectivity index (χ1) is 15.8. The summed E-state index contributed by atoms with van der Waals surface area (Å²) < 4.78 is 2.06. The Labute approximate surface area is 202 Å². The minimum absolute atomic E-state index is 0.396. The summed E-state index contributed by atoms with van der Waals surface area (Å²) >= 11 is 12.1. The van der Waals surface area contributed by atoms with Gasteiger partial charge in [0.05, 0.1) is 5.56 Å². The number of nitrogens with one attached hydrogen (secondary N) is 1. The molecule has 1 N–H and O–H groups in total. The first-order valence-electron chi connectivity index (χ1n) is 10.5. The fraction of sp³-hybridized carbons (Fsp3) is 0.111. The molecule has 0 saturated carbocycles. The zero-order valence-electron chi connectivity index (χ0n) is 18.2. The Morgan fingerprint density at radius 2 is 1.52 bits per heavy atom. The van der Waals surface area contributed by atoms with Gasteiger partial charge in [0.1, 0.15) is 0 Å². The number of ketones is 1. The largest absolute Gasteiger partial charge is 0.343 e. The van der Waals surface area contributed by atoms with E-state index in [2.05, 4.69) is 9.88 Å². The van der Waals surface area contributed by atoms with Gasteiger partial charge in [-0.3, -0.25) is 9.59 Å². The minimum atomic E-state index is -0.707. The maximum Gasteiger partial charge on any atom is 0.296 e. The van der Waals surface area contributed by atoms with Gasteiger partial charge >= 0.3 is 0 Å². The second-order valence-electron chi connectivity index (χ2n) is 7.79. The lowest BCUT2D eigenvalue weighted by molar-refractivity contribution is -0.112. The normalized spacial score (nSPS) is 10.8. The van der Waals surface area contributed by atoms with Crippen molar-refractivity contribution in [2.24, 2.45) is 0 Å². The van der Waals surface area contributed by atoms with Gasteiger partial charge in [0.15, 0.2) is 0 Å². The van der Waals surface area contributed by atoms with Gasteiger partial charge < -0.3 is 9.88 Å². The van der Waals surface area contributed by atoms with E-state index in [9.17, 15) is 9.59 Å². The number of aromatic nitrogens is 1. The smallest absolute Gasteiger partial charge is 0.296 e. The van der Waals surface area contributed by atoms with Gasteiger partial charge in [-0.2, -0.15) is 0 Å². The van der Waals surface area contributed by atoms with E-state index in [1.165, 1.54) is 0 Å². The van der Waals surface area contributed by atoms with E-state index < -0.39 is 11.7 Å². The monoisotopic (exact) mass is 476 g/mol. The molecule has 3 aromatic carbocycles. The molecule has 33 heavy (non-hydrogen) atoms. The van der Waals surface area contributed by atoms with Crippen LogP contribution in [0, 0.1) is 13.8 Å². The van der Waals surface area contributed by atoms with E-state index in [4.69, 9.17) is 23.2 Å². The molecule has 166 valence electrons. The summed E-state index contributed by atoms with van der Waals surface area (Å²) in [6, 6.07) is 24.0. The number of halogens is 2. The van der Waals surface area contributed by atoms with Gasteiger partial charge in [-0.15, -0.1) is 0 Å². The van der Waals surface area contributed by atoms with Gasteiger partial charge in [-0.25, -0.2) is 0 Å². The van der Waals surface area contributed by atoms with E-state index in [1.54, 1.807) is 24.3 Å². The Morgan fingerprint density at radius 1 is 0.818 bits per heavy atom. The lowest BCUT2D eigenvalue weighted by Crippen LogP contribution is -2.24. The molecule has 4 rings (SSSR count). The summed E-state index contributed by atoms with van der Waals surface area (Å²) in [5.74, 6) is -1.30. The molecule has 0 aliphatic carbocycles. The summed E-state index contributed by atoms with van der Waals surface area (Å²) in [4.78, 5) is 26.4. The molecular formula is C27H22Cl2N2O2. The van der Waals surface area contributed by atoms with Crippen molar-refractivity contribution in [1.82, 2.24) is 4.57 Å². The van der Waals surface area contributed by atoms with E-state index in [0.717, 1.165) is 28.1 Å². The first-order valence-corrected chi connectivity index (χ1v) is 11.2. The van der Waals surface area contributed by atoms with Crippen molar-refractivity contribution in [2.45, 2.75) is 20.4 Å². The van der Waals surface area contributed by atoms with Crippen molar-refractivity contribution in [3.8, 4) is 11.1 Å². The standard InChI is InChI=1S/C27H22Cl2N2O2/c1-17-24(20-7-4-3-5-8-20)25(18(2)31(17)16-19-11-13-21(28)14-12-19)26(32)27(33)30-23-10-6-9-22(29)15-23/h3-15H,16H2,1-2H3,(H,30,33). The molecule has 0 atom stereocenters. The highest BCUT2D eigenvalue weighted by atomic mass is 35.5. The van der Waals surface area contributed by atoms with Crippen LogP contribution in [0.2, 0.25) is 10.0 Å². The molecule has 4 aromatic rings. The molecule has 0 aliphatic heterocycles. The van der Waals surface area contributed by atoms with Crippen LogP contribution in [0.15, 0.2) is 78.9 Å². The van der Waals surface area contributed by atoms with Crippen LogP contribution < -0.4 is 5.32 Å². The predicted molar refractivity (Wildman–Crippen MR) is 134 cm³/mol. The van der Waals surface area contributed by atoms with E-state index in [1.807, 2.05) is 68.4 Å². The van der Waals surface area contributed by atoms with Crippen LogP contribution >= 0.6 is 23.2 Å². The first kappa shape index (κ1) is 22.8. The lowest BCUT2D eigenvalue weighted by atomic mass is 9.97.